The number of thiophene rings is 1. The number of carboxylic acid groups (broad SMARTS) is 1. The van der Waals surface area contributed by atoms with Crippen molar-refractivity contribution in [3.63, 3.8) is 0 Å². The number of ether oxygens (including phenoxy) is 3. The molecule has 13 heteroatoms. The number of phenolic OH excluding ortho intramolecular Hbond substituents is 1. The third-order valence-corrected chi connectivity index (χ3v) is 9.52. The van der Waals surface area contributed by atoms with Gasteiger partial charge in [0.1, 0.15) is 48.3 Å². The number of benzene rings is 3. The molecule has 47 heavy (non-hydrogen) atoms. The molecular formula is C34H34LiNO10S. The Labute approximate surface area is 287 Å². The molecule has 11 nitrogen and oxygen atoms in total. The number of phenols is 1. The Kier molecular flexibility index (Phi) is 11.3. The van der Waals surface area contributed by atoms with Crippen LogP contribution in [-0.4, -0.2) is 94.0 Å². The van der Waals surface area contributed by atoms with E-state index < -0.39 is 36.7 Å². The number of carbonyl (C=O) groups excluding carboxylic acids is 2. The number of carbonyl (C=O) groups is 2. The Hall–Kier alpha value is -3.44. The van der Waals surface area contributed by atoms with E-state index in [1.54, 1.807) is 48.5 Å². The maximum absolute atomic E-state index is 14.0. The topological polar surface area (TPSA) is 169 Å². The van der Waals surface area contributed by atoms with Crippen LogP contribution < -0.4 is 33.4 Å². The van der Waals surface area contributed by atoms with E-state index in [2.05, 4.69) is 4.90 Å². The number of aromatic hydroxyl groups is 1. The zero-order valence-electron chi connectivity index (χ0n) is 25.8. The van der Waals surface area contributed by atoms with Crippen molar-refractivity contribution in [2.24, 2.45) is 0 Å². The summed E-state index contributed by atoms with van der Waals surface area (Å²) in [7, 11) is 0. The zero-order valence-corrected chi connectivity index (χ0v) is 26.6. The quantitative estimate of drug-likeness (QED) is 0.126. The van der Waals surface area contributed by atoms with Crippen LogP contribution >= 0.6 is 11.3 Å². The van der Waals surface area contributed by atoms with E-state index in [1.807, 2.05) is 0 Å². The van der Waals surface area contributed by atoms with E-state index in [0.717, 1.165) is 19.6 Å². The summed E-state index contributed by atoms with van der Waals surface area (Å²) < 4.78 is 17.5. The Morgan fingerprint density at radius 1 is 0.894 bits per heavy atom. The molecule has 3 aromatic carbocycles. The summed E-state index contributed by atoms with van der Waals surface area (Å²) in [6.45, 7) is 3.60. The second-order valence-electron chi connectivity index (χ2n) is 11.4. The standard InChI is InChI=1S/C34H35NO10S.Li/c36-21-8-4-20(5-9-21)32-26(27(37)19-6-10-22(11-7-19)43-17-16-35-14-2-1-3-15-35)24-13-12-23(18-25(24)46-32)44-34-30(40)28(38)29(39)31(45-34)33(41)42;/h4-13,18,28-31,34,36,38-40H,1-3,14-17H2,(H,41,42);/q;+1/p-1/t28-,29-,30+,31-,34+;/m0./s1. The molecule has 6 rings (SSSR count). The van der Waals surface area contributed by atoms with Crippen LogP contribution in [0.2, 0.25) is 0 Å². The minimum absolute atomic E-state index is 0. The summed E-state index contributed by atoms with van der Waals surface area (Å²) in [4.78, 5) is 28.5. The van der Waals surface area contributed by atoms with Gasteiger partial charge in [0.2, 0.25) is 6.29 Å². The van der Waals surface area contributed by atoms with Crippen molar-refractivity contribution in [3.05, 3.63) is 77.9 Å². The van der Waals surface area contributed by atoms with Gasteiger partial charge in [0.25, 0.3) is 0 Å². The Morgan fingerprint density at radius 2 is 1.57 bits per heavy atom. The molecule has 0 aliphatic carbocycles. The number of aliphatic hydroxyl groups excluding tert-OH is 3. The van der Waals surface area contributed by atoms with E-state index in [0.29, 0.717) is 44.0 Å². The third kappa shape index (κ3) is 7.67. The van der Waals surface area contributed by atoms with Crippen LogP contribution in [0.4, 0.5) is 0 Å². The molecular weight excluding hydrogens is 621 g/mol. The summed E-state index contributed by atoms with van der Waals surface area (Å²) in [5.41, 5.74) is 1.62. The van der Waals surface area contributed by atoms with Gasteiger partial charge in [0.15, 0.2) is 5.78 Å². The molecule has 1 aromatic heterocycles. The number of rotatable bonds is 10. The predicted octanol–water partition coefficient (Wildman–Crippen LogP) is -0.690. The summed E-state index contributed by atoms with van der Waals surface area (Å²) in [5.74, 6) is -1.06. The van der Waals surface area contributed by atoms with Crippen molar-refractivity contribution in [2.45, 2.75) is 50.0 Å². The number of ketones is 1. The molecule has 0 amide bonds. The smallest absolute Gasteiger partial charge is 0.547 e. The van der Waals surface area contributed by atoms with Crippen molar-refractivity contribution in [2.75, 3.05) is 26.2 Å². The van der Waals surface area contributed by atoms with Gasteiger partial charge in [0, 0.05) is 32.6 Å². The van der Waals surface area contributed by atoms with Crippen LogP contribution in [0.1, 0.15) is 35.2 Å². The van der Waals surface area contributed by atoms with Gasteiger partial charge in [0.05, 0.1) is 5.97 Å². The predicted molar refractivity (Wildman–Crippen MR) is 167 cm³/mol. The second kappa shape index (κ2) is 15.2. The number of aliphatic carboxylic acids is 1. The molecule has 2 aliphatic rings. The second-order valence-corrected chi connectivity index (χ2v) is 12.5. The fourth-order valence-electron chi connectivity index (χ4n) is 5.79. The van der Waals surface area contributed by atoms with E-state index in [-0.39, 0.29) is 36.1 Å². The number of fused-ring (bicyclic) bond motifs is 1. The number of aliphatic hydroxyl groups is 3. The fourth-order valence-corrected chi connectivity index (χ4v) is 7.02. The van der Waals surface area contributed by atoms with Gasteiger partial charge in [-0.3, -0.25) is 9.69 Å². The maximum atomic E-state index is 14.0. The van der Waals surface area contributed by atoms with Crippen molar-refractivity contribution in [1.29, 1.82) is 0 Å². The molecule has 3 heterocycles. The molecule has 4 N–H and O–H groups in total. The molecule has 0 radical (unpaired) electrons. The molecule has 0 bridgehead atoms. The van der Waals surface area contributed by atoms with Gasteiger partial charge in [-0.05, 0) is 98.2 Å². The molecule has 242 valence electrons. The van der Waals surface area contributed by atoms with E-state index in [1.165, 1.54) is 48.8 Å². The minimum Gasteiger partial charge on any atom is -0.547 e. The maximum Gasteiger partial charge on any atom is 1.00 e. The molecule has 2 aliphatic heterocycles. The molecule has 0 saturated carbocycles. The number of piperidine rings is 1. The molecule has 4 aromatic rings. The first-order valence-electron chi connectivity index (χ1n) is 15.1. The van der Waals surface area contributed by atoms with E-state index >= 15 is 0 Å². The summed E-state index contributed by atoms with van der Waals surface area (Å²) in [6, 6.07) is 18.4. The average Bonchev–Trinajstić information content (AvgIpc) is 3.44. The monoisotopic (exact) mass is 655 g/mol. The Balaban J connectivity index is 0.00000433. The molecule has 2 saturated heterocycles. The molecule has 0 unspecified atom stereocenters. The number of carboxylic acids is 1. The van der Waals surface area contributed by atoms with Crippen molar-refractivity contribution in [1.82, 2.24) is 4.90 Å². The first kappa shape index (κ1) is 34.9. The van der Waals surface area contributed by atoms with Crippen LogP contribution in [-0.2, 0) is 9.53 Å². The summed E-state index contributed by atoms with van der Waals surface area (Å²) in [6.07, 6.45) is -5.31. The van der Waals surface area contributed by atoms with E-state index in [4.69, 9.17) is 14.2 Å². The number of nitrogens with zero attached hydrogens (tertiary/aromatic N) is 1. The number of likely N-dealkylation sites (tertiary alicyclic amines) is 1. The van der Waals surface area contributed by atoms with Crippen LogP contribution in [0.3, 0.4) is 0 Å². The largest absolute Gasteiger partial charge is 1.00 e. The van der Waals surface area contributed by atoms with Gasteiger partial charge in [-0.1, -0.05) is 6.42 Å². The van der Waals surface area contributed by atoms with Gasteiger partial charge in [-0.2, -0.15) is 0 Å². The minimum atomic E-state index is -1.91. The van der Waals surface area contributed by atoms with Crippen LogP contribution in [0.15, 0.2) is 66.7 Å². The molecule has 0 spiro atoms. The van der Waals surface area contributed by atoms with Gasteiger partial charge < -0.3 is 44.5 Å². The van der Waals surface area contributed by atoms with Gasteiger partial charge in [-0.25, -0.2) is 0 Å². The van der Waals surface area contributed by atoms with Crippen LogP contribution in [0, 0.1) is 0 Å². The number of hydrogen-bond acceptors (Lipinski definition) is 12. The summed E-state index contributed by atoms with van der Waals surface area (Å²) >= 11 is 1.31. The fraction of sp³-hybridized carbons (Fsp3) is 0.353. The van der Waals surface area contributed by atoms with Crippen LogP contribution in [0.25, 0.3) is 20.5 Å². The van der Waals surface area contributed by atoms with Gasteiger partial charge in [-0.15, -0.1) is 11.3 Å². The average molecular weight is 656 g/mol. The van der Waals surface area contributed by atoms with Gasteiger partial charge >= 0.3 is 18.9 Å². The molecule has 2 fully saturated rings. The Bertz CT molecular complexity index is 1690. The summed E-state index contributed by atoms with van der Waals surface area (Å²) in [5, 5.41) is 52.3. The molecule has 5 atom stereocenters. The van der Waals surface area contributed by atoms with Crippen molar-refractivity contribution in [3.8, 4) is 27.7 Å². The zero-order chi connectivity index (χ0) is 32.4. The first-order valence-corrected chi connectivity index (χ1v) is 15.9. The third-order valence-electron chi connectivity index (χ3n) is 8.31. The SMILES string of the molecule is O=C(c1ccc(OCCN2CCCCC2)cc1)c1c(-c2ccc(O)cc2)sc2cc(O[C@@H]3O[C@H](C(=O)[O-])[C@@H](O)[C@H](O)[C@H]3O)ccc12.[Li+]. The normalized spacial score (nSPS) is 23.2. The van der Waals surface area contributed by atoms with E-state index in [9.17, 15) is 35.1 Å². The number of hydrogen-bond donors (Lipinski definition) is 4. The van der Waals surface area contributed by atoms with Crippen molar-refractivity contribution >= 4 is 33.2 Å². The van der Waals surface area contributed by atoms with Crippen LogP contribution in [0.5, 0.6) is 17.2 Å². The van der Waals surface area contributed by atoms with Crippen molar-refractivity contribution < 1.29 is 68.2 Å². The Morgan fingerprint density at radius 3 is 2.26 bits per heavy atom. The first-order chi connectivity index (χ1) is 22.2.